The third-order valence-corrected chi connectivity index (χ3v) is 7.34. The van der Waals surface area contributed by atoms with E-state index in [1.54, 1.807) is 24.5 Å². The highest BCUT2D eigenvalue weighted by Crippen LogP contribution is 2.31. The van der Waals surface area contributed by atoms with Crippen molar-refractivity contribution in [1.82, 2.24) is 9.88 Å². The van der Waals surface area contributed by atoms with Crippen LogP contribution in [0.15, 0.2) is 73.1 Å². The van der Waals surface area contributed by atoms with Crippen LogP contribution in [0.25, 0.3) is 0 Å². The molecule has 3 aromatic rings. The Morgan fingerprint density at radius 2 is 1.82 bits per heavy atom. The minimum Gasteiger partial charge on any atom is -0.321 e. The number of aryl methyl sites for hydroxylation is 1. The molecule has 1 aliphatic carbocycles. The second-order valence-electron chi connectivity index (χ2n) is 9.48. The molecule has 0 radical (unpaired) electrons. The van der Waals surface area contributed by atoms with Crippen LogP contribution in [-0.4, -0.2) is 41.2 Å². The number of hydrogen-bond acceptors (Lipinski definition) is 4. The molecule has 2 aromatic carbocycles. The number of nitrogens with one attached hydrogen (secondary N) is 1. The lowest BCUT2D eigenvalue weighted by atomic mass is 9.80. The van der Waals surface area contributed by atoms with Crippen LogP contribution in [0.4, 0.5) is 5.69 Å². The predicted octanol–water partition coefficient (Wildman–Crippen LogP) is 5.35. The number of anilines is 1. The van der Waals surface area contributed by atoms with Crippen LogP contribution in [-0.2, 0) is 6.42 Å². The molecule has 1 aliphatic heterocycles. The molecule has 1 amide bonds. The first-order valence-electron chi connectivity index (χ1n) is 12.3. The summed E-state index contributed by atoms with van der Waals surface area (Å²) in [5, 5.41) is 2.86. The van der Waals surface area contributed by atoms with Crippen LogP contribution < -0.4 is 5.32 Å². The molecular formula is C29H31N3O2. The quantitative estimate of drug-likeness (QED) is 0.547. The Labute approximate surface area is 201 Å². The van der Waals surface area contributed by atoms with Gasteiger partial charge in [0.1, 0.15) is 0 Å². The molecule has 0 saturated carbocycles. The summed E-state index contributed by atoms with van der Waals surface area (Å²) in [6, 6.07) is 19.9. The highest BCUT2D eigenvalue weighted by Gasteiger charge is 2.29. The predicted molar refractivity (Wildman–Crippen MR) is 134 cm³/mol. The molecule has 2 heterocycles. The summed E-state index contributed by atoms with van der Waals surface area (Å²) in [5.41, 5.74) is 4.47. The van der Waals surface area contributed by atoms with Crippen molar-refractivity contribution in [3.63, 3.8) is 0 Å². The number of benzene rings is 2. The van der Waals surface area contributed by atoms with E-state index in [-0.39, 0.29) is 17.6 Å². The van der Waals surface area contributed by atoms with E-state index in [4.69, 9.17) is 0 Å². The molecule has 1 aromatic heterocycles. The number of piperidine rings is 1. The lowest BCUT2D eigenvalue weighted by Gasteiger charge is -2.33. The molecule has 2 aliphatic rings. The third kappa shape index (κ3) is 5.10. The Morgan fingerprint density at radius 3 is 2.59 bits per heavy atom. The van der Waals surface area contributed by atoms with Crippen molar-refractivity contribution in [2.45, 2.75) is 38.0 Å². The average molecular weight is 454 g/mol. The van der Waals surface area contributed by atoms with Crippen molar-refractivity contribution in [2.75, 3.05) is 25.0 Å². The van der Waals surface area contributed by atoms with Crippen molar-refractivity contribution in [3.8, 4) is 0 Å². The van der Waals surface area contributed by atoms with E-state index < -0.39 is 0 Å². The molecule has 34 heavy (non-hydrogen) atoms. The van der Waals surface area contributed by atoms with E-state index in [1.807, 2.05) is 18.2 Å². The molecule has 1 unspecified atom stereocenters. The summed E-state index contributed by atoms with van der Waals surface area (Å²) in [6.45, 7) is 3.19. The first-order chi connectivity index (χ1) is 16.7. The first-order valence-corrected chi connectivity index (χ1v) is 12.3. The first kappa shape index (κ1) is 22.5. The third-order valence-electron chi connectivity index (χ3n) is 7.34. The fourth-order valence-corrected chi connectivity index (χ4v) is 5.33. The van der Waals surface area contributed by atoms with Gasteiger partial charge in [0, 0.05) is 23.2 Å². The van der Waals surface area contributed by atoms with Gasteiger partial charge in [0.25, 0.3) is 5.91 Å². The molecule has 5 nitrogen and oxygen atoms in total. The van der Waals surface area contributed by atoms with Crippen LogP contribution in [0.2, 0.25) is 0 Å². The zero-order valence-electron chi connectivity index (χ0n) is 19.5. The number of rotatable bonds is 6. The molecule has 1 saturated heterocycles. The summed E-state index contributed by atoms with van der Waals surface area (Å²) < 4.78 is 0. The second-order valence-corrected chi connectivity index (χ2v) is 9.48. The average Bonchev–Trinajstić information content (AvgIpc) is 2.89. The van der Waals surface area contributed by atoms with E-state index in [0.29, 0.717) is 17.2 Å². The molecule has 5 heteroatoms. The number of carbonyl (C=O) groups excluding carboxylic acids is 2. The molecule has 174 valence electrons. The molecule has 1 atom stereocenters. The summed E-state index contributed by atoms with van der Waals surface area (Å²) >= 11 is 0. The maximum Gasteiger partial charge on any atom is 0.255 e. The number of likely N-dealkylation sites (tertiary alicyclic amines) is 1. The Balaban J connectivity index is 1.14. The zero-order chi connectivity index (χ0) is 23.3. The van der Waals surface area contributed by atoms with E-state index >= 15 is 0 Å². The number of Topliss-reactive ketones (excluding diaryl/α,β-unsaturated/α-hetero) is 1. The van der Waals surface area contributed by atoms with Gasteiger partial charge in [0.15, 0.2) is 5.78 Å². The highest BCUT2D eigenvalue weighted by atomic mass is 16.1. The Kier molecular flexibility index (Phi) is 6.82. The lowest BCUT2D eigenvalue weighted by molar-refractivity contribution is 0.0876. The van der Waals surface area contributed by atoms with Gasteiger partial charge in [-0.3, -0.25) is 14.6 Å². The van der Waals surface area contributed by atoms with Gasteiger partial charge in [-0.15, -0.1) is 0 Å². The number of pyridine rings is 1. The second kappa shape index (κ2) is 10.3. The number of carbonyl (C=O) groups is 2. The SMILES string of the molecule is O=C(Nc1cccnc1)c1ccc2c(c1)CCC(CCN1CCC(c3ccccc3)CC1)C2=O. The van der Waals surface area contributed by atoms with Gasteiger partial charge < -0.3 is 10.2 Å². The van der Waals surface area contributed by atoms with E-state index in [1.165, 1.54) is 18.4 Å². The fraction of sp³-hybridized carbons (Fsp3) is 0.345. The van der Waals surface area contributed by atoms with E-state index in [0.717, 1.165) is 50.0 Å². The number of aromatic nitrogens is 1. The zero-order valence-corrected chi connectivity index (χ0v) is 19.5. The Morgan fingerprint density at radius 1 is 1.00 bits per heavy atom. The smallest absolute Gasteiger partial charge is 0.255 e. The van der Waals surface area contributed by atoms with Crippen molar-refractivity contribution in [1.29, 1.82) is 0 Å². The maximum atomic E-state index is 13.2. The molecule has 5 rings (SSSR count). The van der Waals surface area contributed by atoms with E-state index in [9.17, 15) is 9.59 Å². The minimum absolute atomic E-state index is 0.0782. The Bertz CT molecular complexity index is 1140. The highest BCUT2D eigenvalue weighted by molar-refractivity contribution is 6.06. The maximum absolute atomic E-state index is 13.2. The largest absolute Gasteiger partial charge is 0.321 e. The van der Waals surface area contributed by atoms with Crippen LogP contribution in [0, 0.1) is 5.92 Å². The van der Waals surface area contributed by atoms with Crippen LogP contribution >= 0.6 is 0 Å². The van der Waals surface area contributed by atoms with Crippen LogP contribution in [0.5, 0.6) is 0 Å². The molecule has 1 N–H and O–H groups in total. The van der Waals surface area contributed by atoms with Crippen molar-refractivity contribution in [3.05, 3.63) is 95.3 Å². The molecule has 0 bridgehead atoms. The summed E-state index contributed by atoms with van der Waals surface area (Å²) in [5.74, 6) is 0.795. The number of fused-ring (bicyclic) bond motifs is 1. The van der Waals surface area contributed by atoms with Gasteiger partial charge in [-0.05, 0) is 93.0 Å². The van der Waals surface area contributed by atoms with Gasteiger partial charge in [-0.1, -0.05) is 36.4 Å². The van der Waals surface area contributed by atoms with Crippen molar-refractivity contribution in [2.24, 2.45) is 5.92 Å². The van der Waals surface area contributed by atoms with Crippen molar-refractivity contribution < 1.29 is 9.59 Å². The number of amides is 1. The Hall–Kier alpha value is -3.31. The van der Waals surface area contributed by atoms with Crippen molar-refractivity contribution >= 4 is 17.4 Å². The summed E-state index contributed by atoms with van der Waals surface area (Å²) in [6.07, 6.45) is 8.29. The van der Waals surface area contributed by atoms with Crippen LogP contribution in [0.3, 0.4) is 0 Å². The van der Waals surface area contributed by atoms with Gasteiger partial charge in [-0.2, -0.15) is 0 Å². The lowest BCUT2D eigenvalue weighted by Crippen LogP contribution is -2.35. The van der Waals surface area contributed by atoms with Crippen LogP contribution in [0.1, 0.15) is 63.4 Å². The number of nitrogens with zero attached hydrogens (tertiary/aromatic N) is 2. The topological polar surface area (TPSA) is 62.3 Å². The monoisotopic (exact) mass is 453 g/mol. The van der Waals surface area contributed by atoms with Gasteiger partial charge in [-0.25, -0.2) is 0 Å². The minimum atomic E-state index is -0.177. The summed E-state index contributed by atoms with van der Waals surface area (Å²) in [7, 11) is 0. The van der Waals surface area contributed by atoms with Gasteiger partial charge in [0.2, 0.25) is 0 Å². The number of ketones is 1. The molecule has 0 spiro atoms. The fourth-order valence-electron chi connectivity index (χ4n) is 5.33. The van der Waals surface area contributed by atoms with Gasteiger partial charge in [0.05, 0.1) is 11.9 Å². The molecular weight excluding hydrogens is 422 g/mol. The molecule has 1 fully saturated rings. The standard InChI is InChI=1S/C29H31N3O2/c33-28-23(14-18-32-16-12-22(13-17-32)21-5-2-1-3-6-21)8-9-24-19-25(10-11-27(24)28)29(34)31-26-7-4-15-30-20-26/h1-7,10-11,15,19-20,22-23H,8-9,12-14,16-18H2,(H,31,34). The van der Waals surface area contributed by atoms with E-state index in [2.05, 4.69) is 45.5 Å². The number of hydrogen-bond donors (Lipinski definition) is 1. The van der Waals surface area contributed by atoms with Gasteiger partial charge >= 0.3 is 0 Å². The normalized spacial score (nSPS) is 18.9. The summed E-state index contributed by atoms with van der Waals surface area (Å²) in [4.78, 5) is 32.3.